The highest BCUT2D eigenvalue weighted by Crippen LogP contribution is 2.22. The molecule has 0 saturated heterocycles. The van der Waals surface area contributed by atoms with Gasteiger partial charge >= 0.3 is 5.97 Å². The molecule has 0 fully saturated rings. The fraction of sp³-hybridized carbons (Fsp3) is 0.0667. The maximum Gasteiger partial charge on any atom is 0.339 e. The van der Waals surface area contributed by atoms with Gasteiger partial charge in [0.2, 0.25) is 0 Å². The molecule has 0 aliphatic carbocycles. The van der Waals surface area contributed by atoms with Gasteiger partial charge in [-0.1, -0.05) is 11.6 Å². The van der Waals surface area contributed by atoms with Gasteiger partial charge in [0.1, 0.15) is 11.3 Å². The second-order valence-corrected chi connectivity index (χ2v) is 4.58. The van der Waals surface area contributed by atoms with Gasteiger partial charge in [0.25, 0.3) is 5.91 Å². The summed E-state index contributed by atoms with van der Waals surface area (Å²) >= 11 is 0. The summed E-state index contributed by atoms with van der Waals surface area (Å²) < 4.78 is 0. The molecule has 2 aromatic rings. The van der Waals surface area contributed by atoms with Gasteiger partial charge in [0, 0.05) is 11.4 Å². The summed E-state index contributed by atoms with van der Waals surface area (Å²) in [7, 11) is 0. The number of carbonyl (C=O) groups is 2. The van der Waals surface area contributed by atoms with E-state index in [0.29, 0.717) is 11.3 Å². The third-order valence-electron chi connectivity index (χ3n) is 2.94. The van der Waals surface area contributed by atoms with Crippen molar-refractivity contribution >= 4 is 23.3 Å². The van der Waals surface area contributed by atoms with Crippen LogP contribution in [0.1, 0.15) is 26.3 Å². The van der Waals surface area contributed by atoms with Crippen LogP contribution in [0.3, 0.4) is 0 Å². The van der Waals surface area contributed by atoms with Gasteiger partial charge in [-0.3, -0.25) is 4.79 Å². The lowest BCUT2D eigenvalue weighted by Crippen LogP contribution is -2.14. The number of carboxylic acids is 1. The molecule has 0 radical (unpaired) electrons. The molecule has 21 heavy (non-hydrogen) atoms. The van der Waals surface area contributed by atoms with Crippen LogP contribution in [0, 0.1) is 6.92 Å². The average molecular weight is 286 g/mol. The molecular weight excluding hydrogens is 272 g/mol. The van der Waals surface area contributed by atoms with E-state index >= 15 is 0 Å². The maximum atomic E-state index is 12.2. The number of amides is 1. The van der Waals surface area contributed by atoms with Crippen molar-refractivity contribution < 1.29 is 19.8 Å². The fourth-order valence-corrected chi connectivity index (χ4v) is 1.85. The Balaban J connectivity index is 2.29. The number of aromatic hydroxyl groups is 1. The van der Waals surface area contributed by atoms with Crippen molar-refractivity contribution in [2.75, 3.05) is 11.1 Å². The van der Waals surface area contributed by atoms with Crippen molar-refractivity contribution in [2.24, 2.45) is 0 Å². The lowest BCUT2D eigenvalue weighted by Gasteiger charge is -2.09. The molecule has 0 spiro atoms. The third kappa shape index (κ3) is 3.11. The van der Waals surface area contributed by atoms with Crippen LogP contribution in [0.4, 0.5) is 11.4 Å². The summed E-state index contributed by atoms with van der Waals surface area (Å²) in [4.78, 5) is 23.1. The molecule has 108 valence electrons. The molecule has 6 heteroatoms. The van der Waals surface area contributed by atoms with E-state index in [0.717, 1.165) is 5.56 Å². The smallest absolute Gasteiger partial charge is 0.339 e. The van der Waals surface area contributed by atoms with Gasteiger partial charge in [-0.15, -0.1) is 0 Å². The first kappa shape index (κ1) is 14.4. The zero-order valence-electron chi connectivity index (χ0n) is 11.3. The van der Waals surface area contributed by atoms with Gasteiger partial charge in [0.05, 0.1) is 5.56 Å². The summed E-state index contributed by atoms with van der Waals surface area (Å²) in [6.45, 7) is 1.83. The van der Waals surface area contributed by atoms with Gasteiger partial charge in [0.15, 0.2) is 0 Å². The van der Waals surface area contributed by atoms with E-state index in [1.165, 1.54) is 18.2 Å². The topological polar surface area (TPSA) is 113 Å². The minimum Gasteiger partial charge on any atom is -0.507 e. The first-order valence-corrected chi connectivity index (χ1v) is 6.12. The second kappa shape index (κ2) is 5.54. The van der Waals surface area contributed by atoms with Crippen molar-refractivity contribution in [3.05, 3.63) is 53.1 Å². The molecule has 2 aromatic carbocycles. The summed E-state index contributed by atoms with van der Waals surface area (Å²) in [6.07, 6.45) is 0. The first-order valence-electron chi connectivity index (χ1n) is 6.12. The lowest BCUT2D eigenvalue weighted by molar-refractivity contribution is 0.0693. The number of rotatable bonds is 3. The molecule has 0 aliphatic heterocycles. The molecule has 0 atom stereocenters. The number of hydrogen-bond acceptors (Lipinski definition) is 4. The predicted molar refractivity (Wildman–Crippen MR) is 78.6 cm³/mol. The summed E-state index contributed by atoms with van der Waals surface area (Å²) in [5, 5.41) is 20.9. The van der Waals surface area contributed by atoms with Crippen molar-refractivity contribution in [3.8, 4) is 5.75 Å². The van der Waals surface area contributed by atoms with E-state index in [1.807, 2.05) is 6.92 Å². The largest absolute Gasteiger partial charge is 0.507 e. The van der Waals surface area contributed by atoms with Crippen LogP contribution in [0.25, 0.3) is 0 Å². The first-order chi connectivity index (χ1) is 9.88. The Morgan fingerprint density at radius 1 is 1.10 bits per heavy atom. The molecule has 0 bridgehead atoms. The standard InChI is InChI=1S/C15H14N2O4/c1-8-2-4-12(16)10(6-8)14(19)17-9-3-5-13(18)11(7-9)15(20)21/h2-7,18H,16H2,1H3,(H,17,19)(H,20,21). The molecule has 6 nitrogen and oxygen atoms in total. The Morgan fingerprint density at radius 3 is 2.48 bits per heavy atom. The van der Waals surface area contributed by atoms with Crippen molar-refractivity contribution in [2.45, 2.75) is 6.92 Å². The van der Waals surface area contributed by atoms with Gasteiger partial charge in [-0.2, -0.15) is 0 Å². The fourth-order valence-electron chi connectivity index (χ4n) is 1.85. The van der Waals surface area contributed by atoms with E-state index in [-0.39, 0.29) is 17.0 Å². The predicted octanol–water partition coefficient (Wildman–Crippen LogP) is 2.23. The van der Waals surface area contributed by atoms with E-state index in [1.54, 1.807) is 18.2 Å². The number of nitrogen functional groups attached to an aromatic ring is 1. The molecule has 5 N–H and O–H groups in total. The number of anilines is 2. The van der Waals surface area contributed by atoms with E-state index in [4.69, 9.17) is 10.8 Å². The Labute approximate surface area is 120 Å². The molecule has 0 heterocycles. The zero-order valence-corrected chi connectivity index (χ0v) is 11.3. The van der Waals surface area contributed by atoms with Crippen molar-refractivity contribution in [3.63, 3.8) is 0 Å². The lowest BCUT2D eigenvalue weighted by atomic mass is 10.1. The molecule has 0 aromatic heterocycles. The van der Waals surface area contributed by atoms with Gasteiger partial charge in [-0.25, -0.2) is 4.79 Å². The van der Waals surface area contributed by atoms with Crippen LogP contribution in [0.15, 0.2) is 36.4 Å². The SMILES string of the molecule is Cc1ccc(N)c(C(=O)Nc2ccc(O)c(C(=O)O)c2)c1. The highest BCUT2D eigenvalue weighted by atomic mass is 16.4. The van der Waals surface area contributed by atoms with E-state index in [9.17, 15) is 14.7 Å². The Hall–Kier alpha value is -3.02. The van der Waals surface area contributed by atoms with Crippen LogP contribution >= 0.6 is 0 Å². The molecule has 0 saturated carbocycles. The number of aryl methyl sites for hydroxylation is 1. The Kier molecular flexibility index (Phi) is 3.80. The Bertz CT molecular complexity index is 726. The van der Waals surface area contributed by atoms with Crippen LogP contribution < -0.4 is 11.1 Å². The Morgan fingerprint density at radius 2 is 1.81 bits per heavy atom. The van der Waals surface area contributed by atoms with Crippen molar-refractivity contribution in [1.29, 1.82) is 0 Å². The van der Waals surface area contributed by atoms with Crippen LogP contribution in [0.5, 0.6) is 5.75 Å². The van der Waals surface area contributed by atoms with E-state index in [2.05, 4.69) is 5.32 Å². The highest BCUT2D eigenvalue weighted by molar-refractivity contribution is 6.08. The monoisotopic (exact) mass is 286 g/mol. The average Bonchev–Trinajstić information content (AvgIpc) is 2.43. The highest BCUT2D eigenvalue weighted by Gasteiger charge is 2.14. The molecular formula is C15H14N2O4. The normalized spacial score (nSPS) is 10.1. The summed E-state index contributed by atoms with van der Waals surface area (Å²) in [5.41, 5.74) is 7.24. The number of phenols is 1. The number of carbonyl (C=O) groups excluding carboxylic acids is 1. The number of carboxylic acid groups (broad SMARTS) is 1. The second-order valence-electron chi connectivity index (χ2n) is 4.58. The van der Waals surface area contributed by atoms with Crippen LogP contribution in [-0.2, 0) is 0 Å². The number of hydrogen-bond donors (Lipinski definition) is 4. The minimum atomic E-state index is -1.28. The van der Waals surface area contributed by atoms with Crippen LogP contribution in [-0.4, -0.2) is 22.1 Å². The number of benzene rings is 2. The third-order valence-corrected chi connectivity index (χ3v) is 2.94. The number of nitrogens with one attached hydrogen (secondary N) is 1. The van der Waals surface area contributed by atoms with Gasteiger partial charge < -0.3 is 21.3 Å². The minimum absolute atomic E-state index is 0.260. The maximum absolute atomic E-state index is 12.2. The molecule has 0 unspecified atom stereocenters. The number of nitrogens with two attached hydrogens (primary N) is 1. The summed E-state index contributed by atoms with van der Waals surface area (Å²) in [5.74, 6) is -2.09. The zero-order chi connectivity index (χ0) is 15.6. The molecule has 0 aliphatic rings. The van der Waals surface area contributed by atoms with Crippen molar-refractivity contribution in [1.82, 2.24) is 0 Å². The van der Waals surface area contributed by atoms with E-state index < -0.39 is 11.9 Å². The van der Waals surface area contributed by atoms with Gasteiger partial charge in [-0.05, 0) is 37.3 Å². The quantitative estimate of drug-likeness (QED) is 0.510. The number of aromatic carboxylic acids is 1. The molecule has 2 rings (SSSR count). The van der Waals surface area contributed by atoms with Crippen LogP contribution in [0.2, 0.25) is 0 Å². The summed E-state index contributed by atoms with van der Waals surface area (Å²) in [6, 6.07) is 8.86. The molecule has 1 amide bonds.